The summed E-state index contributed by atoms with van der Waals surface area (Å²) in [5.41, 5.74) is 0. The van der Waals surface area contributed by atoms with E-state index in [0.717, 1.165) is 23.7 Å². The Morgan fingerprint density at radius 3 is 3.00 bits per heavy atom. The van der Waals surface area contributed by atoms with E-state index in [2.05, 4.69) is 38.2 Å². The Balaban J connectivity index is 2.13. The zero-order valence-electron chi connectivity index (χ0n) is 8.03. The van der Waals surface area contributed by atoms with E-state index in [-0.39, 0.29) is 0 Å². The molecular weight excluding hydrogens is 144 g/mol. The third-order valence-corrected chi connectivity index (χ3v) is 3.57. The second kappa shape index (κ2) is 3.08. The van der Waals surface area contributed by atoms with Crippen molar-refractivity contribution in [3.8, 4) is 0 Å². The molecular formula is C12H18. The molecule has 2 aliphatic rings. The zero-order valence-corrected chi connectivity index (χ0v) is 8.03. The van der Waals surface area contributed by atoms with Gasteiger partial charge in [-0.15, -0.1) is 0 Å². The van der Waals surface area contributed by atoms with Gasteiger partial charge in [0.05, 0.1) is 0 Å². The lowest BCUT2D eigenvalue weighted by Crippen LogP contribution is -2.08. The topological polar surface area (TPSA) is 0 Å². The lowest BCUT2D eigenvalue weighted by Gasteiger charge is -2.14. The first-order valence-corrected chi connectivity index (χ1v) is 5.12. The fourth-order valence-corrected chi connectivity index (χ4v) is 2.98. The fraction of sp³-hybridized carbons (Fsp3) is 0.667. The van der Waals surface area contributed by atoms with Gasteiger partial charge in [-0.05, 0) is 43.4 Å². The van der Waals surface area contributed by atoms with Gasteiger partial charge in [-0.25, -0.2) is 0 Å². The minimum Gasteiger partial charge on any atom is -0.0914 e. The molecule has 0 aliphatic heterocycles. The van der Waals surface area contributed by atoms with Crippen LogP contribution in [0.15, 0.2) is 24.3 Å². The highest BCUT2D eigenvalue weighted by atomic mass is 14.4. The van der Waals surface area contributed by atoms with Crippen LogP contribution in [0.5, 0.6) is 0 Å². The molecule has 2 aliphatic carbocycles. The minimum atomic E-state index is 0.841. The average Bonchev–Trinajstić information content (AvgIpc) is 2.58. The van der Waals surface area contributed by atoms with Crippen molar-refractivity contribution in [2.24, 2.45) is 23.7 Å². The molecule has 0 bridgehead atoms. The second-order valence-corrected chi connectivity index (χ2v) is 4.31. The van der Waals surface area contributed by atoms with Gasteiger partial charge < -0.3 is 0 Å². The van der Waals surface area contributed by atoms with Crippen LogP contribution in [-0.4, -0.2) is 0 Å². The summed E-state index contributed by atoms with van der Waals surface area (Å²) in [7, 11) is 0. The Bertz CT molecular complexity index is 212. The number of fused-ring (bicyclic) bond motifs is 1. The van der Waals surface area contributed by atoms with Gasteiger partial charge in [-0.2, -0.15) is 0 Å². The largest absolute Gasteiger partial charge is 0.0914 e. The third-order valence-electron chi connectivity index (χ3n) is 3.57. The summed E-state index contributed by atoms with van der Waals surface area (Å²) in [6.45, 7) is 4.55. The monoisotopic (exact) mass is 162 g/mol. The van der Waals surface area contributed by atoms with Crippen LogP contribution in [-0.2, 0) is 0 Å². The molecule has 4 unspecified atom stereocenters. The first-order chi connectivity index (χ1) is 5.83. The molecule has 0 spiro atoms. The summed E-state index contributed by atoms with van der Waals surface area (Å²) in [4.78, 5) is 0. The second-order valence-electron chi connectivity index (χ2n) is 4.31. The summed E-state index contributed by atoms with van der Waals surface area (Å²) in [5, 5.41) is 0. The highest BCUT2D eigenvalue weighted by Crippen LogP contribution is 2.47. The fourth-order valence-electron chi connectivity index (χ4n) is 2.98. The van der Waals surface area contributed by atoms with Crippen LogP contribution in [0, 0.1) is 23.7 Å². The average molecular weight is 162 g/mol. The van der Waals surface area contributed by atoms with E-state index < -0.39 is 0 Å². The van der Waals surface area contributed by atoms with Crippen LogP contribution < -0.4 is 0 Å². The lowest BCUT2D eigenvalue weighted by molar-refractivity contribution is 0.388. The van der Waals surface area contributed by atoms with E-state index in [1.54, 1.807) is 0 Å². The molecule has 0 heterocycles. The Labute approximate surface area is 75.4 Å². The standard InChI is InChI=1S/C12H18/c1-3-5-10-8-9(2)11-6-4-7-12(10)11/h3-5,7,9-12H,6,8H2,1-2H3. The SMILES string of the molecule is CC=CC1CC(C)C2CC=CC12. The van der Waals surface area contributed by atoms with E-state index in [9.17, 15) is 0 Å². The van der Waals surface area contributed by atoms with E-state index in [1.165, 1.54) is 12.8 Å². The maximum atomic E-state index is 2.44. The number of hydrogen-bond donors (Lipinski definition) is 0. The van der Waals surface area contributed by atoms with Crippen LogP contribution in [0.4, 0.5) is 0 Å². The van der Waals surface area contributed by atoms with E-state index in [1.807, 2.05) is 0 Å². The Hall–Kier alpha value is -0.520. The number of hydrogen-bond acceptors (Lipinski definition) is 0. The highest BCUT2D eigenvalue weighted by Gasteiger charge is 2.39. The molecule has 1 fully saturated rings. The molecule has 0 radical (unpaired) electrons. The normalized spacial score (nSPS) is 45.8. The van der Waals surface area contributed by atoms with Gasteiger partial charge in [0, 0.05) is 0 Å². The highest BCUT2D eigenvalue weighted by molar-refractivity contribution is 5.12. The molecule has 2 rings (SSSR count). The molecule has 66 valence electrons. The van der Waals surface area contributed by atoms with Crippen LogP contribution in [0.25, 0.3) is 0 Å². The van der Waals surface area contributed by atoms with Gasteiger partial charge in [0.2, 0.25) is 0 Å². The van der Waals surface area contributed by atoms with Crippen LogP contribution >= 0.6 is 0 Å². The van der Waals surface area contributed by atoms with E-state index >= 15 is 0 Å². The molecule has 0 N–H and O–H groups in total. The summed E-state index contributed by atoms with van der Waals surface area (Å²) in [6, 6.07) is 0. The van der Waals surface area contributed by atoms with Gasteiger partial charge in [-0.1, -0.05) is 31.2 Å². The molecule has 0 nitrogen and oxygen atoms in total. The molecule has 0 amide bonds. The smallest absolute Gasteiger partial charge is 0.0137 e. The summed E-state index contributed by atoms with van der Waals surface area (Å²) in [6.07, 6.45) is 12.2. The first kappa shape index (κ1) is 8.10. The van der Waals surface area contributed by atoms with E-state index in [4.69, 9.17) is 0 Å². The molecule has 0 aromatic heterocycles. The molecule has 4 atom stereocenters. The molecule has 1 saturated carbocycles. The quantitative estimate of drug-likeness (QED) is 0.518. The Kier molecular flexibility index (Phi) is 2.08. The molecule has 0 heteroatoms. The van der Waals surface area contributed by atoms with Crippen molar-refractivity contribution in [1.29, 1.82) is 0 Å². The van der Waals surface area contributed by atoms with Crippen LogP contribution in [0.3, 0.4) is 0 Å². The molecule has 0 aromatic carbocycles. The minimum absolute atomic E-state index is 0.841. The summed E-state index contributed by atoms with van der Waals surface area (Å²) < 4.78 is 0. The van der Waals surface area contributed by atoms with Crippen molar-refractivity contribution in [3.63, 3.8) is 0 Å². The van der Waals surface area contributed by atoms with Crippen molar-refractivity contribution >= 4 is 0 Å². The van der Waals surface area contributed by atoms with Gasteiger partial charge >= 0.3 is 0 Å². The van der Waals surface area contributed by atoms with E-state index in [0.29, 0.717) is 0 Å². The Morgan fingerprint density at radius 2 is 2.25 bits per heavy atom. The maximum absolute atomic E-state index is 2.44. The van der Waals surface area contributed by atoms with Crippen molar-refractivity contribution in [2.45, 2.75) is 26.7 Å². The van der Waals surface area contributed by atoms with Gasteiger partial charge in [0.1, 0.15) is 0 Å². The molecule has 12 heavy (non-hydrogen) atoms. The zero-order chi connectivity index (χ0) is 8.55. The summed E-state index contributed by atoms with van der Waals surface area (Å²) >= 11 is 0. The molecule has 0 aromatic rings. The third kappa shape index (κ3) is 1.14. The van der Waals surface area contributed by atoms with Crippen molar-refractivity contribution in [2.75, 3.05) is 0 Å². The summed E-state index contributed by atoms with van der Waals surface area (Å²) in [5.74, 6) is 3.61. The predicted molar refractivity (Wildman–Crippen MR) is 52.8 cm³/mol. The molecule has 0 saturated heterocycles. The van der Waals surface area contributed by atoms with Gasteiger partial charge in [-0.3, -0.25) is 0 Å². The van der Waals surface area contributed by atoms with Gasteiger partial charge in [0.25, 0.3) is 0 Å². The van der Waals surface area contributed by atoms with Crippen LogP contribution in [0.2, 0.25) is 0 Å². The number of allylic oxidation sites excluding steroid dienone is 4. The first-order valence-electron chi connectivity index (χ1n) is 5.12. The van der Waals surface area contributed by atoms with Crippen molar-refractivity contribution in [1.82, 2.24) is 0 Å². The number of rotatable bonds is 1. The van der Waals surface area contributed by atoms with Crippen molar-refractivity contribution < 1.29 is 0 Å². The Morgan fingerprint density at radius 1 is 1.42 bits per heavy atom. The predicted octanol–water partition coefficient (Wildman–Crippen LogP) is 3.41. The maximum Gasteiger partial charge on any atom is -0.0137 e. The lowest BCUT2D eigenvalue weighted by atomic mass is 9.90. The van der Waals surface area contributed by atoms with Gasteiger partial charge in [0.15, 0.2) is 0 Å². The van der Waals surface area contributed by atoms with Crippen molar-refractivity contribution in [3.05, 3.63) is 24.3 Å². The van der Waals surface area contributed by atoms with Crippen LogP contribution in [0.1, 0.15) is 26.7 Å².